The topological polar surface area (TPSA) is 15.3 Å². The molecule has 108 valence electrons. The highest BCUT2D eigenvalue weighted by Gasteiger charge is 2.07. The highest BCUT2D eigenvalue weighted by Crippen LogP contribution is 2.10. The number of unbranched alkanes of at least 4 members (excludes halogenated alkanes) is 9. The molecule has 0 aromatic rings. The number of hydrogen-bond donors (Lipinski definition) is 1. The van der Waals surface area contributed by atoms with E-state index in [1.165, 1.54) is 96.9 Å². The molecular formula is C16H34N2. The van der Waals surface area contributed by atoms with Gasteiger partial charge in [-0.3, -0.25) is 0 Å². The minimum Gasteiger partial charge on any atom is -0.314 e. The second-order valence-corrected chi connectivity index (χ2v) is 5.77. The van der Waals surface area contributed by atoms with Crippen molar-refractivity contribution in [1.29, 1.82) is 0 Å². The van der Waals surface area contributed by atoms with Gasteiger partial charge in [0.1, 0.15) is 0 Å². The SMILES string of the molecule is CCCCCCCCCCCCN1CCNCC1. The quantitative estimate of drug-likeness (QED) is 0.564. The predicted molar refractivity (Wildman–Crippen MR) is 81.2 cm³/mol. The summed E-state index contributed by atoms with van der Waals surface area (Å²) in [5, 5.41) is 3.41. The van der Waals surface area contributed by atoms with Crippen molar-refractivity contribution in [2.24, 2.45) is 0 Å². The van der Waals surface area contributed by atoms with Crippen LogP contribution in [0.4, 0.5) is 0 Å². The molecule has 1 N–H and O–H groups in total. The largest absolute Gasteiger partial charge is 0.314 e. The van der Waals surface area contributed by atoms with Gasteiger partial charge in [0.2, 0.25) is 0 Å². The first-order valence-electron chi connectivity index (χ1n) is 8.36. The van der Waals surface area contributed by atoms with Gasteiger partial charge in [-0.15, -0.1) is 0 Å². The second-order valence-electron chi connectivity index (χ2n) is 5.77. The van der Waals surface area contributed by atoms with Crippen LogP contribution in [-0.4, -0.2) is 37.6 Å². The van der Waals surface area contributed by atoms with Gasteiger partial charge in [-0.25, -0.2) is 0 Å². The van der Waals surface area contributed by atoms with Crippen LogP contribution in [0.15, 0.2) is 0 Å². The molecule has 0 aromatic heterocycles. The van der Waals surface area contributed by atoms with E-state index in [-0.39, 0.29) is 0 Å². The molecule has 1 fully saturated rings. The monoisotopic (exact) mass is 254 g/mol. The molecule has 1 saturated heterocycles. The van der Waals surface area contributed by atoms with Gasteiger partial charge in [-0.05, 0) is 13.0 Å². The summed E-state index contributed by atoms with van der Waals surface area (Å²) in [6.07, 6.45) is 14.4. The molecule has 2 heteroatoms. The normalized spacial score (nSPS) is 17.2. The van der Waals surface area contributed by atoms with Gasteiger partial charge in [-0.2, -0.15) is 0 Å². The van der Waals surface area contributed by atoms with Crippen LogP contribution in [0.25, 0.3) is 0 Å². The average Bonchev–Trinajstić information content (AvgIpc) is 2.42. The number of piperazine rings is 1. The van der Waals surface area contributed by atoms with E-state index >= 15 is 0 Å². The first kappa shape index (κ1) is 16.0. The van der Waals surface area contributed by atoms with Crippen LogP contribution in [0.5, 0.6) is 0 Å². The summed E-state index contributed by atoms with van der Waals surface area (Å²) in [5.74, 6) is 0. The summed E-state index contributed by atoms with van der Waals surface area (Å²) >= 11 is 0. The fourth-order valence-corrected chi connectivity index (χ4v) is 2.76. The van der Waals surface area contributed by atoms with Crippen LogP contribution < -0.4 is 5.32 Å². The van der Waals surface area contributed by atoms with Gasteiger partial charge >= 0.3 is 0 Å². The summed E-state index contributed by atoms with van der Waals surface area (Å²) in [7, 11) is 0. The maximum atomic E-state index is 3.41. The molecule has 0 amide bonds. The van der Waals surface area contributed by atoms with E-state index in [4.69, 9.17) is 0 Å². The van der Waals surface area contributed by atoms with Crippen molar-refractivity contribution in [2.45, 2.75) is 71.1 Å². The van der Waals surface area contributed by atoms with Gasteiger partial charge in [0, 0.05) is 26.2 Å². The first-order valence-corrected chi connectivity index (χ1v) is 8.36. The second kappa shape index (κ2) is 12.0. The summed E-state index contributed by atoms with van der Waals surface area (Å²) in [5.41, 5.74) is 0. The lowest BCUT2D eigenvalue weighted by Gasteiger charge is -2.27. The zero-order chi connectivity index (χ0) is 12.9. The van der Waals surface area contributed by atoms with Crippen molar-refractivity contribution in [1.82, 2.24) is 10.2 Å². The van der Waals surface area contributed by atoms with Crippen molar-refractivity contribution in [3.63, 3.8) is 0 Å². The minimum atomic E-state index is 1.19. The van der Waals surface area contributed by atoms with E-state index in [1.807, 2.05) is 0 Å². The van der Waals surface area contributed by atoms with E-state index in [2.05, 4.69) is 17.1 Å². The van der Waals surface area contributed by atoms with Gasteiger partial charge in [0.05, 0.1) is 0 Å². The fraction of sp³-hybridized carbons (Fsp3) is 1.00. The van der Waals surface area contributed by atoms with E-state index in [9.17, 15) is 0 Å². The van der Waals surface area contributed by atoms with Gasteiger partial charge < -0.3 is 10.2 Å². The number of rotatable bonds is 11. The van der Waals surface area contributed by atoms with Crippen molar-refractivity contribution >= 4 is 0 Å². The summed E-state index contributed by atoms with van der Waals surface area (Å²) in [6, 6.07) is 0. The lowest BCUT2D eigenvalue weighted by molar-refractivity contribution is 0.236. The molecule has 0 bridgehead atoms. The standard InChI is InChI=1S/C16H34N2/c1-2-3-4-5-6-7-8-9-10-11-14-18-15-12-17-13-16-18/h17H,2-16H2,1H3. The number of nitrogens with one attached hydrogen (secondary N) is 1. The Bertz CT molecular complexity index is 164. The maximum absolute atomic E-state index is 3.41. The Balaban J connectivity index is 1.73. The summed E-state index contributed by atoms with van der Waals surface area (Å²) in [6.45, 7) is 8.53. The Morgan fingerprint density at radius 1 is 0.722 bits per heavy atom. The van der Waals surface area contributed by atoms with Crippen LogP contribution in [0.3, 0.4) is 0 Å². The Morgan fingerprint density at radius 3 is 1.78 bits per heavy atom. The lowest BCUT2D eigenvalue weighted by Crippen LogP contribution is -2.43. The molecule has 1 rings (SSSR count). The number of nitrogens with zero attached hydrogens (tertiary/aromatic N) is 1. The van der Waals surface area contributed by atoms with Crippen molar-refractivity contribution < 1.29 is 0 Å². The molecule has 1 aliphatic rings. The predicted octanol–water partition coefficient (Wildman–Crippen LogP) is 3.81. The van der Waals surface area contributed by atoms with Crippen LogP contribution in [-0.2, 0) is 0 Å². The van der Waals surface area contributed by atoms with Crippen LogP contribution in [0.2, 0.25) is 0 Å². The van der Waals surface area contributed by atoms with Crippen LogP contribution in [0.1, 0.15) is 71.1 Å². The van der Waals surface area contributed by atoms with Crippen LogP contribution >= 0.6 is 0 Å². The zero-order valence-corrected chi connectivity index (χ0v) is 12.6. The summed E-state index contributed by atoms with van der Waals surface area (Å²) < 4.78 is 0. The zero-order valence-electron chi connectivity index (χ0n) is 12.6. The Morgan fingerprint density at radius 2 is 1.22 bits per heavy atom. The lowest BCUT2D eigenvalue weighted by atomic mass is 10.1. The highest BCUT2D eigenvalue weighted by atomic mass is 15.2. The Hall–Kier alpha value is -0.0800. The summed E-state index contributed by atoms with van der Waals surface area (Å²) in [4.78, 5) is 2.61. The van der Waals surface area contributed by atoms with Gasteiger partial charge in [0.25, 0.3) is 0 Å². The molecule has 0 saturated carbocycles. The molecule has 18 heavy (non-hydrogen) atoms. The molecule has 1 aliphatic heterocycles. The highest BCUT2D eigenvalue weighted by molar-refractivity contribution is 4.67. The molecular weight excluding hydrogens is 220 g/mol. The van der Waals surface area contributed by atoms with Crippen molar-refractivity contribution in [2.75, 3.05) is 32.7 Å². The van der Waals surface area contributed by atoms with Gasteiger partial charge in [-0.1, -0.05) is 64.7 Å². The third kappa shape index (κ3) is 8.93. The third-order valence-corrected chi connectivity index (χ3v) is 4.04. The number of hydrogen-bond acceptors (Lipinski definition) is 2. The van der Waals surface area contributed by atoms with E-state index in [0.29, 0.717) is 0 Å². The first-order chi connectivity index (χ1) is 8.93. The van der Waals surface area contributed by atoms with E-state index in [0.717, 1.165) is 0 Å². The van der Waals surface area contributed by atoms with Gasteiger partial charge in [0.15, 0.2) is 0 Å². The molecule has 0 atom stereocenters. The van der Waals surface area contributed by atoms with E-state index < -0.39 is 0 Å². The molecule has 0 spiro atoms. The molecule has 0 radical (unpaired) electrons. The Kier molecular flexibility index (Phi) is 10.6. The van der Waals surface area contributed by atoms with Crippen molar-refractivity contribution in [3.05, 3.63) is 0 Å². The molecule has 1 heterocycles. The molecule has 0 aliphatic carbocycles. The van der Waals surface area contributed by atoms with Crippen molar-refractivity contribution in [3.8, 4) is 0 Å². The maximum Gasteiger partial charge on any atom is 0.0107 e. The third-order valence-electron chi connectivity index (χ3n) is 4.04. The van der Waals surface area contributed by atoms with Crippen LogP contribution in [0, 0.1) is 0 Å². The molecule has 2 nitrogen and oxygen atoms in total. The average molecular weight is 254 g/mol. The molecule has 0 aromatic carbocycles. The fourth-order valence-electron chi connectivity index (χ4n) is 2.76. The molecule has 0 unspecified atom stereocenters. The Labute approximate surface area is 115 Å². The smallest absolute Gasteiger partial charge is 0.0107 e. The minimum absolute atomic E-state index is 1.19. The van der Waals surface area contributed by atoms with E-state index in [1.54, 1.807) is 0 Å².